The van der Waals surface area contributed by atoms with Gasteiger partial charge in [-0.3, -0.25) is 4.79 Å². The molecule has 0 saturated carbocycles. The molecule has 0 aliphatic carbocycles. The normalized spacial score (nSPS) is 10.9. The molecular formula is C7H13NO3S. The number of hydrogen-bond acceptors (Lipinski definition) is 3. The van der Waals surface area contributed by atoms with Gasteiger partial charge in [0.2, 0.25) is 10.0 Å². The number of carbonyl (C=O) groups is 1. The van der Waals surface area contributed by atoms with Gasteiger partial charge in [0, 0.05) is 12.6 Å². The van der Waals surface area contributed by atoms with E-state index in [4.69, 9.17) is 0 Å². The lowest BCUT2D eigenvalue weighted by atomic mass is 10.3. The molecule has 12 heavy (non-hydrogen) atoms. The Hall–Kier alpha value is -0.840. The molecule has 0 spiro atoms. The fourth-order valence-electron chi connectivity index (χ4n) is 0.589. The van der Waals surface area contributed by atoms with Crippen LogP contribution in [0, 0.1) is 0 Å². The molecule has 4 nitrogen and oxygen atoms in total. The highest BCUT2D eigenvalue weighted by molar-refractivity contribution is 7.89. The molecule has 0 atom stereocenters. The first kappa shape index (κ1) is 11.2. The van der Waals surface area contributed by atoms with Gasteiger partial charge in [-0.1, -0.05) is 6.58 Å². The molecule has 0 aromatic rings. The SMILES string of the molecule is C=C(C)C(=O)N(C)S(=O)(=O)CC. The largest absolute Gasteiger partial charge is 0.268 e. The summed E-state index contributed by atoms with van der Waals surface area (Å²) in [6.45, 7) is 6.33. The van der Waals surface area contributed by atoms with Crippen LogP contribution in [-0.4, -0.2) is 31.4 Å². The molecule has 0 aliphatic rings. The van der Waals surface area contributed by atoms with E-state index in [1.54, 1.807) is 0 Å². The molecule has 1 amide bonds. The van der Waals surface area contributed by atoms with Crippen molar-refractivity contribution in [2.45, 2.75) is 13.8 Å². The third-order valence-electron chi connectivity index (χ3n) is 1.43. The van der Waals surface area contributed by atoms with Gasteiger partial charge in [-0.15, -0.1) is 0 Å². The average Bonchev–Trinajstić information content (AvgIpc) is 2.01. The van der Waals surface area contributed by atoms with Crippen molar-refractivity contribution in [1.82, 2.24) is 4.31 Å². The first-order chi connectivity index (χ1) is 5.33. The van der Waals surface area contributed by atoms with Crippen LogP contribution < -0.4 is 0 Å². The maximum absolute atomic E-state index is 11.1. The molecule has 0 aliphatic heterocycles. The number of rotatable bonds is 3. The van der Waals surface area contributed by atoms with Crippen molar-refractivity contribution in [3.63, 3.8) is 0 Å². The van der Waals surface area contributed by atoms with Crippen LogP contribution in [0.5, 0.6) is 0 Å². The predicted octanol–water partition coefficient (Wildman–Crippen LogP) is 0.371. The van der Waals surface area contributed by atoms with E-state index in [0.29, 0.717) is 0 Å². The van der Waals surface area contributed by atoms with Crippen LogP contribution in [0.2, 0.25) is 0 Å². The van der Waals surface area contributed by atoms with Gasteiger partial charge in [0.25, 0.3) is 5.91 Å². The molecule has 70 valence electrons. The minimum Gasteiger partial charge on any atom is -0.268 e. The number of hydrogen-bond donors (Lipinski definition) is 0. The summed E-state index contributed by atoms with van der Waals surface area (Å²) in [7, 11) is -2.19. The van der Waals surface area contributed by atoms with Gasteiger partial charge in [0.1, 0.15) is 0 Å². The van der Waals surface area contributed by atoms with E-state index in [2.05, 4.69) is 6.58 Å². The van der Waals surface area contributed by atoms with Gasteiger partial charge in [-0.05, 0) is 13.8 Å². The zero-order valence-electron chi connectivity index (χ0n) is 7.49. The first-order valence-corrected chi connectivity index (χ1v) is 5.10. The molecule has 0 bridgehead atoms. The quantitative estimate of drug-likeness (QED) is 0.606. The second-order valence-electron chi connectivity index (χ2n) is 2.45. The molecule has 0 N–H and O–H groups in total. The molecule has 0 aromatic carbocycles. The van der Waals surface area contributed by atoms with Crippen molar-refractivity contribution >= 4 is 15.9 Å². The van der Waals surface area contributed by atoms with Crippen LogP contribution in [0.1, 0.15) is 13.8 Å². The van der Waals surface area contributed by atoms with Gasteiger partial charge in [-0.25, -0.2) is 12.7 Å². The van der Waals surface area contributed by atoms with Crippen molar-refractivity contribution < 1.29 is 13.2 Å². The van der Waals surface area contributed by atoms with Gasteiger partial charge in [0.15, 0.2) is 0 Å². The summed E-state index contributed by atoms with van der Waals surface area (Å²) in [5, 5.41) is 0. The van der Waals surface area contributed by atoms with E-state index < -0.39 is 15.9 Å². The van der Waals surface area contributed by atoms with E-state index in [0.717, 1.165) is 4.31 Å². The highest BCUT2D eigenvalue weighted by atomic mass is 32.2. The maximum atomic E-state index is 11.1. The number of likely N-dealkylation sites (N-methyl/N-ethyl adjacent to an activating group) is 1. The van der Waals surface area contributed by atoms with Crippen LogP contribution in [0.3, 0.4) is 0 Å². The fourth-order valence-corrected chi connectivity index (χ4v) is 1.38. The van der Waals surface area contributed by atoms with E-state index in [1.807, 2.05) is 0 Å². The van der Waals surface area contributed by atoms with Crippen LogP contribution in [0.25, 0.3) is 0 Å². The lowest BCUT2D eigenvalue weighted by Gasteiger charge is -2.15. The summed E-state index contributed by atoms with van der Waals surface area (Å²) >= 11 is 0. The van der Waals surface area contributed by atoms with Gasteiger partial charge >= 0.3 is 0 Å². The Morgan fingerprint density at radius 2 is 1.92 bits per heavy atom. The van der Waals surface area contributed by atoms with Gasteiger partial charge in [0.05, 0.1) is 5.75 Å². The maximum Gasteiger partial charge on any atom is 0.262 e. The summed E-state index contributed by atoms with van der Waals surface area (Å²) < 4.78 is 22.9. The number of nitrogens with zero attached hydrogens (tertiary/aromatic N) is 1. The Bertz CT molecular complexity index is 292. The zero-order chi connectivity index (χ0) is 9.94. The molecule has 0 aromatic heterocycles. The molecule has 5 heteroatoms. The Kier molecular flexibility index (Phi) is 3.45. The van der Waals surface area contributed by atoms with Crippen LogP contribution in [0.15, 0.2) is 12.2 Å². The van der Waals surface area contributed by atoms with Crippen molar-refractivity contribution in [3.05, 3.63) is 12.2 Å². The molecule has 0 fully saturated rings. The number of carbonyl (C=O) groups excluding carboxylic acids is 1. The fraction of sp³-hybridized carbons (Fsp3) is 0.571. The van der Waals surface area contributed by atoms with E-state index in [-0.39, 0.29) is 11.3 Å². The second kappa shape index (κ2) is 3.71. The minimum atomic E-state index is -3.42. The predicted molar refractivity (Wildman–Crippen MR) is 47.0 cm³/mol. The van der Waals surface area contributed by atoms with Crippen LogP contribution in [-0.2, 0) is 14.8 Å². The molecule has 0 rings (SSSR count). The van der Waals surface area contributed by atoms with Crippen molar-refractivity contribution in [2.24, 2.45) is 0 Å². The lowest BCUT2D eigenvalue weighted by molar-refractivity contribution is -0.121. The molecular weight excluding hydrogens is 178 g/mol. The highest BCUT2D eigenvalue weighted by Gasteiger charge is 2.20. The van der Waals surface area contributed by atoms with Crippen molar-refractivity contribution in [1.29, 1.82) is 0 Å². The summed E-state index contributed by atoms with van der Waals surface area (Å²) in [5.41, 5.74) is 0.217. The van der Waals surface area contributed by atoms with Crippen molar-refractivity contribution in [2.75, 3.05) is 12.8 Å². The Balaban J connectivity index is 4.74. The summed E-state index contributed by atoms with van der Waals surface area (Å²) in [6, 6.07) is 0. The topological polar surface area (TPSA) is 54.5 Å². The third-order valence-corrected chi connectivity index (χ3v) is 3.16. The number of amides is 1. The van der Waals surface area contributed by atoms with Crippen LogP contribution >= 0.6 is 0 Å². The summed E-state index contributed by atoms with van der Waals surface area (Å²) in [5.74, 6) is -0.639. The summed E-state index contributed by atoms with van der Waals surface area (Å²) in [6.07, 6.45) is 0. The minimum absolute atomic E-state index is 0.0808. The number of sulfonamides is 1. The highest BCUT2D eigenvalue weighted by Crippen LogP contribution is 2.02. The molecule has 0 heterocycles. The van der Waals surface area contributed by atoms with Gasteiger partial charge < -0.3 is 0 Å². The summed E-state index contributed by atoms with van der Waals surface area (Å²) in [4.78, 5) is 11.1. The standard InChI is InChI=1S/C7H13NO3S/c1-5-12(10,11)8(4)7(9)6(2)3/h2,5H2,1,3-4H3. The van der Waals surface area contributed by atoms with E-state index >= 15 is 0 Å². The Morgan fingerprint density at radius 3 is 2.17 bits per heavy atom. The Morgan fingerprint density at radius 1 is 1.50 bits per heavy atom. The van der Waals surface area contributed by atoms with E-state index in [9.17, 15) is 13.2 Å². The molecule has 0 saturated heterocycles. The second-order valence-corrected chi connectivity index (χ2v) is 4.74. The van der Waals surface area contributed by atoms with Crippen molar-refractivity contribution in [3.8, 4) is 0 Å². The third kappa shape index (κ3) is 2.34. The van der Waals surface area contributed by atoms with Crippen LogP contribution in [0.4, 0.5) is 0 Å². The Labute approximate surface area is 72.9 Å². The first-order valence-electron chi connectivity index (χ1n) is 3.49. The monoisotopic (exact) mass is 191 g/mol. The zero-order valence-corrected chi connectivity index (χ0v) is 8.31. The molecule has 0 unspecified atom stereocenters. The average molecular weight is 191 g/mol. The smallest absolute Gasteiger partial charge is 0.262 e. The lowest BCUT2D eigenvalue weighted by Crippen LogP contribution is -2.34. The van der Waals surface area contributed by atoms with Gasteiger partial charge in [-0.2, -0.15) is 0 Å². The van der Waals surface area contributed by atoms with E-state index in [1.165, 1.54) is 20.9 Å². The molecule has 0 radical (unpaired) electrons.